The van der Waals surface area contributed by atoms with Crippen LogP contribution in [0.25, 0.3) is 10.9 Å². The van der Waals surface area contributed by atoms with Crippen LogP contribution in [0.2, 0.25) is 0 Å². The SMILES string of the molecule is O=C(NCCc1c[nH]c2ccccc12)C1CC(=O)N(Cc2cccnc2)C1. The van der Waals surface area contributed by atoms with E-state index in [1.54, 1.807) is 17.3 Å². The summed E-state index contributed by atoms with van der Waals surface area (Å²) in [6, 6.07) is 11.9. The molecule has 1 unspecified atom stereocenters. The number of pyridine rings is 1. The highest BCUT2D eigenvalue weighted by Crippen LogP contribution is 2.21. The minimum Gasteiger partial charge on any atom is -0.361 e. The van der Waals surface area contributed by atoms with Crippen molar-refractivity contribution < 1.29 is 9.59 Å². The number of fused-ring (bicyclic) bond motifs is 1. The number of carbonyl (C=O) groups excluding carboxylic acids is 2. The lowest BCUT2D eigenvalue weighted by Gasteiger charge is -2.16. The predicted molar refractivity (Wildman–Crippen MR) is 103 cm³/mol. The molecule has 1 atom stereocenters. The molecule has 27 heavy (non-hydrogen) atoms. The number of H-pyrrole nitrogens is 1. The first-order valence-electron chi connectivity index (χ1n) is 9.20. The van der Waals surface area contributed by atoms with Gasteiger partial charge in [-0.05, 0) is 29.7 Å². The zero-order valence-electron chi connectivity index (χ0n) is 15.0. The average Bonchev–Trinajstić information content (AvgIpc) is 3.27. The molecule has 6 nitrogen and oxygen atoms in total. The zero-order chi connectivity index (χ0) is 18.6. The van der Waals surface area contributed by atoms with E-state index in [4.69, 9.17) is 0 Å². The molecule has 0 bridgehead atoms. The van der Waals surface area contributed by atoms with Crippen molar-refractivity contribution in [3.8, 4) is 0 Å². The second-order valence-electron chi connectivity index (χ2n) is 6.94. The van der Waals surface area contributed by atoms with E-state index in [-0.39, 0.29) is 24.2 Å². The zero-order valence-corrected chi connectivity index (χ0v) is 15.0. The van der Waals surface area contributed by atoms with Crippen LogP contribution in [0.5, 0.6) is 0 Å². The van der Waals surface area contributed by atoms with Crippen molar-refractivity contribution in [2.75, 3.05) is 13.1 Å². The number of hydrogen-bond donors (Lipinski definition) is 2. The predicted octanol–water partition coefficient (Wildman–Crippen LogP) is 2.27. The minimum atomic E-state index is -0.280. The van der Waals surface area contributed by atoms with E-state index in [1.165, 1.54) is 10.9 Å². The Morgan fingerprint density at radius 1 is 1.26 bits per heavy atom. The van der Waals surface area contributed by atoms with Crippen LogP contribution in [0.1, 0.15) is 17.5 Å². The monoisotopic (exact) mass is 362 g/mol. The van der Waals surface area contributed by atoms with E-state index in [0.29, 0.717) is 19.6 Å². The van der Waals surface area contributed by atoms with Crippen molar-refractivity contribution in [3.05, 3.63) is 66.1 Å². The third-order valence-corrected chi connectivity index (χ3v) is 5.05. The summed E-state index contributed by atoms with van der Waals surface area (Å²) in [6.45, 7) is 1.53. The highest BCUT2D eigenvalue weighted by atomic mass is 16.2. The van der Waals surface area contributed by atoms with Crippen LogP contribution < -0.4 is 5.32 Å². The van der Waals surface area contributed by atoms with Crippen LogP contribution in [0.3, 0.4) is 0 Å². The Bertz CT molecular complexity index is 951. The molecule has 1 aliphatic rings. The van der Waals surface area contributed by atoms with Crippen LogP contribution in [0.4, 0.5) is 0 Å². The Balaban J connectivity index is 1.29. The van der Waals surface area contributed by atoms with Crippen molar-refractivity contribution in [1.82, 2.24) is 20.2 Å². The van der Waals surface area contributed by atoms with Gasteiger partial charge in [-0.3, -0.25) is 14.6 Å². The van der Waals surface area contributed by atoms with E-state index < -0.39 is 0 Å². The third kappa shape index (κ3) is 3.84. The lowest BCUT2D eigenvalue weighted by molar-refractivity contribution is -0.129. The van der Waals surface area contributed by atoms with Gasteiger partial charge in [0.25, 0.3) is 0 Å². The maximum Gasteiger partial charge on any atom is 0.225 e. The van der Waals surface area contributed by atoms with Gasteiger partial charge < -0.3 is 15.2 Å². The standard InChI is InChI=1S/C21H22N4O2/c26-20-10-17(14-25(20)13-15-4-3-8-22-11-15)21(27)23-9-7-16-12-24-19-6-2-1-5-18(16)19/h1-6,8,11-12,17,24H,7,9-10,13-14H2,(H,23,27). The molecule has 1 aromatic carbocycles. The molecule has 1 fully saturated rings. The molecule has 0 spiro atoms. The van der Waals surface area contributed by atoms with Crippen LogP contribution in [0.15, 0.2) is 55.0 Å². The van der Waals surface area contributed by atoms with Gasteiger partial charge in [0.1, 0.15) is 0 Å². The Morgan fingerprint density at radius 3 is 3.00 bits per heavy atom. The molecule has 0 saturated carbocycles. The Kier molecular flexibility index (Phi) is 4.87. The van der Waals surface area contributed by atoms with Crippen molar-refractivity contribution in [1.29, 1.82) is 0 Å². The van der Waals surface area contributed by atoms with Crippen molar-refractivity contribution >= 4 is 22.7 Å². The van der Waals surface area contributed by atoms with Gasteiger partial charge in [0, 0.05) is 55.5 Å². The largest absolute Gasteiger partial charge is 0.361 e. The van der Waals surface area contributed by atoms with Gasteiger partial charge in [0.15, 0.2) is 0 Å². The summed E-state index contributed by atoms with van der Waals surface area (Å²) in [4.78, 5) is 33.7. The Labute approximate surface area is 157 Å². The number of nitrogens with one attached hydrogen (secondary N) is 2. The van der Waals surface area contributed by atoms with Gasteiger partial charge in [-0.1, -0.05) is 24.3 Å². The van der Waals surface area contributed by atoms with Crippen molar-refractivity contribution in [2.45, 2.75) is 19.4 Å². The van der Waals surface area contributed by atoms with E-state index in [2.05, 4.69) is 21.4 Å². The normalized spacial score (nSPS) is 16.8. The fraction of sp³-hybridized carbons (Fsp3) is 0.286. The molecule has 2 aromatic heterocycles. The number of benzene rings is 1. The fourth-order valence-corrected chi connectivity index (χ4v) is 3.62. The van der Waals surface area contributed by atoms with E-state index >= 15 is 0 Å². The Morgan fingerprint density at radius 2 is 2.15 bits per heavy atom. The highest BCUT2D eigenvalue weighted by Gasteiger charge is 2.34. The first-order chi connectivity index (χ1) is 13.2. The Hall–Kier alpha value is -3.15. The molecule has 1 saturated heterocycles. The third-order valence-electron chi connectivity index (χ3n) is 5.05. The summed E-state index contributed by atoms with van der Waals surface area (Å²) in [7, 11) is 0. The lowest BCUT2D eigenvalue weighted by Crippen LogP contribution is -2.34. The van der Waals surface area contributed by atoms with Crippen molar-refractivity contribution in [2.24, 2.45) is 5.92 Å². The van der Waals surface area contributed by atoms with Crippen molar-refractivity contribution in [3.63, 3.8) is 0 Å². The van der Waals surface area contributed by atoms with E-state index in [9.17, 15) is 9.59 Å². The molecule has 138 valence electrons. The fourth-order valence-electron chi connectivity index (χ4n) is 3.62. The first-order valence-corrected chi connectivity index (χ1v) is 9.20. The summed E-state index contributed by atoms with van der Waals surface area (Å²) in [5.41, 5.74) is 3.27. The maximum absolute atomic E-state index is 12.5. The molecular formula is C21H22N4O2. The number of para-hydroxylation sites is 1. The topological polar surface area (TPSA) is 78.1 Å². The van der Waals surface area contributed by atoms with Gasteiger partial charge >= 0.3 is 0 Å². The van der Waals surface area contributed by atoms with E-state index in [1.807, 2.05) is 36.5 Å². The second kappa shape index (κ2) is 7.61. The lowest BCUT2D eigenvalue weighted by atomic mass is 10.1. The second-order valence-corrected chi connectivity index (χ2v) is 6.94. The number of hydrogen-bond acceptors (Lipinski definition) is 3. The summed E-state index contributed by atoms with van der Waals surface area (Å²) in [5.74, 6) is -0.301. The highest BCUT2D eigenvalue weighted by molar-refractivity contribution is 5.89. The number of aromatic nitrogens is 2. The van der Waals surface area contributed by atoms with Gasteiger partial charge in [0.2, 0.25) is 11.8 Å². The number of aromatic amines is 1. The quantitative estimate of drug-likeness (QED) is 0.706. The van der Waals surface area contributed by atoms with Gasteiger partial charge in [-0.15, -0.1) is 0 Å². The molecule has 2 amide bonds. The first kappa shape index (κ1) is 17.3. The minimum absolute atomic E-state index is 0.0237. The van der Waals surface area contributed by atoms with Crippen LogP contribution in [0, 0.1) is 5.92 Å². The van der Waals surface area contributed by atoms with Crippen LogP contribution in [-0.2, 0) is 22.6 Å². The van der Waals surface area contributed by atoms with Crippen LogP contribution >= 0.6 is 0 Å². The summed E-state index contributed by atoms with van der Waals surface area (Å²) in [6.07, 6.45) is 6.49. The molecule has 2 N–H and O–H groups in total. The number of nitrogens with zero attached hydrogens (tertiary/aromatic N) is 2. The molecule has 4 rings (SSSR count). The molecule has 0 aliphatic carbocycles. The molecule has 6 heteroatoms. The molecule has 0 radical (unpaired) electrons. The molecule has 3 aromatic rings. The molecule has 1 aliphatic heterocycles. The van der Waals surface area contributed by atoms with E-state index in [0.717, 1.165) is 17.5 Å². The average molecular weight is 362 g/mol. The number of likely N-dealkylation sites (tertiary alicyclic amines) is 1. The summed E-state index contributed by atoms with van der Waals surface area (Å²) in [5, 5.41) is 4.17. The molecule has 3 heterocycles. The maximum atomic E-state index is 12.5. The van der Waals surface area contributed by atoms with Gasteiger partial charge in [0.05, 0.1) is 5.92 Å². The number of amides is 2. The summed E-state index contributed by atoms with van der Waals surface area (Å²) >= 11 is 0. The summed E-state index contributed by atoms with van der Waals surface area (Å²) < 4.78 is 0. The number of rotatable bonds is 6. The van der Waals surface area contributed by atoms with Gasteiger partial charge in [-0.2, -0.15) is 0 Å². The van der Waals surface area contributed by atoms with Crippen LogP contribution in [-0.4, -0.2) is 39.8 Å². The number of carbonyl (C=O) groups is 2. The smallest absolute Gasteiger partial charge is 0.225 e. The van der Waals surface area contributed by atoms with Gasteiger partial charge in [-0.25, -0.2) is 0 Å². The molecular weight excluding hydrogens is 340 g/mol.